The summed E-state index contributed by atoms with van der Waals surface area (Å²) in [5.74, 6) is 0.265. The molecule has 0 aromatic heterocycles. The van der Waals surface area contributed by atoms with E-state index in [0.29, 0.717) is 0 Å². The zero-order valence-electron chi connectivity index (χ0n) is 13.5. The maximum Gasteiger partial charge on any atom is 0.242 e. The molecule has 2 saturated carbocycles. The molecule has 3 aliphatic rings. The third-order valence-electron chi connectivity index (χ3n) is 5.77. The molecule has 1 aromatic rings. The van der Waals surface area contributed by atoms with Gasteiger partial charge in [0, 0.05) is 17.9 Å². The Morgan fingerprint density at radius 3 is 2.48 bits per heavy atom. The molecule has 122 valence electrons. The van der Waals surface area contributed by atoms with Crippen LogP contribution in [0.4, 0.5) is 0 Å². The molecule has 1 aliphatic heterocycles. The fraction of sp³-hybridized carbons (Fsp3) is 0.579. The molecule has 4 rings (SSSR count). The van der Waals surface area contributed by atoms with Crippen LogP contribution in [0.15, 0.2) is 30.3 Å². The maximum atomic E-state index is 12.6. The largest absolute Gasteiger partial charge is 0.347 e. The molecule has 4 nitrogen and oxygen atoms in total. The predicted octanol–water partition coefficient (Wildman–Crippen LogP) is 2.66. The Hall–Kier alpha value is -1.84. The molecule has 0 radical (unpaired) electrons. The molecule has 3 fully saturated rings. The summed E-state index contributed by atoms with van der Waals surface area (Å²) in [6, 6.07) is 10.6. The standard InChI is InChI=1S/C19H24N2O2/c22-16(12-20-18(23)15-8-9-15)21-13-19(10-4-5-11-19)17(21)14-6-2-1-3-7-14/h1-3,6-7,15,17H,4-5,8-13H2,(H,20,23). The van der Waals surface area contributed by atoms with E-state index in [1.165, 1.54) is 31.2 Å². The highest BCUT2D eigenvalue weighted by Gasteiger charge is 2.55. The normalized spacial score (nSPS) is 25.2. The Kier molecular flexibility index (Phi) is 3.63. The van der Waals surface area contributed by atoms with Crippen LogP contribution < -0.4 is 5.32 Å². The zero-order valence-corrected chi connectivity index (χ0v) is 13.5. The molecule has 1 N–H and O–H groups in total. The number of benzene rings is 1. The van der Waals surface area contributed by atoms with E-state index in [2.05, 4.69) is 17.4 Å². The van der Waals surface area contributed by atoms with E-state index in [4.69, 9.17) is 0 Å². The first-order valence-electron chi connectivity index (χ1n) is 8.82. The fourth-order valence-corrected chi connectivity index (χ4v) is 4.40. The Bertz CT molecular complexity index is 603. The van der Waals surface area contributed by atoms with Crippen molar-refractivity contribution in [1.82, 2.24) is 10.2 Å². The lowest BCUT2D eigenvalue weighted by atomic mass is 9.67. The summed E-state index contributed by atoms with van der Waals surface area (Å²) in [7, 11) is 0. The Balaban J connectivity index is 1.47. The van der Waals surface area contributed by atoms with E-state index >= 15 is 0 Å². The molecule has 1 spiro atoms. The van der Waals surface area contributed by atoms with Crippen LogP contribution in [-0.4, -0.2) is 29.8 Å². The number of nitrogens with one attached hydrogen (secondary N) is 1. The predicted molar refractivity (Wildman–Crippen MR) is 87.5 cm³/mol. The van der Waals surface area contributed by atoms with Gasteiger partial charge in [-0.25, -0.2) is 0 Å². The van der Waals surface area contributed by atoms with Gasteiger partial charge in [0.25, 0.3) is 0 Å². The second kappa shape index (κ2) is 5.66. The van der Waals surface area contributed by atoms with Gasteiger partial charge in [0.05, 0.1) is 12.6 Å². The van der Waals surface area contributed by atoms with Crippen molar-refractivity contribution < 1.29 is 9.59 Å². The van der Waals surface area contributed by atoms with Crippen molar-refractivity contribution in [3.8, 4) is 0 Å². The van der Waals surface area contributed by atoms with E-state index in [9.17, 15) is 9.59 Å². The Morgan fingerprint density at radius 1 is 1.13 bits per heavy atom. The topological polar surface area (TPSA) is 49.4 Å². The highest BCUT2D eigenvalue weighted by molar-refractivity contribution is 5.87. The summed E-state index contributed by atoms with van der Waals surface area (Å²) < 4.78 is 0. The zero-order chi connectivity index (χ0) is 15.9. The molecule has 23 heavy (non-hydrogen) atoms. The van der Waals surface area contributed by atoms with E-state index in [1.807, 2.05) is 23.1 Å². The van der Waals surface area contributed by atoms with Crippen LogP contribution in [0.5, 0.6) is 0 Å². The summed E-state index contributed by atoms with van der Waals surface area (Å²) in [5, 5.41) is 2.81. The lowest BCUT2D eigenvalue weighted by Crippen LogP contribution is -2.61. The monoisotopic (exact) mass is 312 g/mol. The van der Waals surface area contributed by atoms with Crippen molar-refractivity contribution >= 4 is 11.8 Å². The summed E-state index contributed by atoms with van der Waals surface area (Å²) in [6.45, 7) is 0.999. The van der Waals surface area contributed by atoms with Crippen LogP contribution in [0.25, 0.3) is 0 Å². The Morgan fingerprint density at radius 2 is 1.83 bits per heavy atom. The highest BCUT2D eigenvalue weighted by Crippen LogP contribution is 2.58. The number of likely N-dealkylation sites (tertiary alicyclic amines) is 1. The number of nitrogens with zero attached hydrogens (tertiary/aromatic N) is 1. The van der Waals surface area contributed by atoms with E-state index in [-0.39, 0.29) is 35.7 Å². The number of hydrogen-bond donors (Lipinski definition) is 1. The molecule has 1 atom stereocenters. The van der Waals surface area contributed by atoms with Crippen molar-refractivity contribution in [3.63, 3.8) is 0 Å². The summed E-state index contributed by atoms with van der Waals surface area (Å²) in [4.78, 5) is 26.3. The van der Waals surface area contributed by atoms with Gasteiger partial charge in [-0.1, -0.05) is 43.2 Å². The minimum Gasteiger partial charge on any atom is -0.347 e. The SMILES string of the molecule is O=C(NCC(=O)N1CC2(CCCC2)C1c1ccccc1)C1CC1. The van der Waals surface area contributed by atoms with Crippen molar-refractivity contribution in [1.29, 1.82) is 0 Å². The van der Waals surface area contributed by atoms with Gasteiger partial charge in [-0.15, -0.1) is 0 Å². The first kappa shape index (κ1) is 14.7. The van der Waals surface area contributed by atoms with Gasteiger partial charge in [0.15, 0.2) is 0 Å². The number of amides is 2. The van der Waals surface area contributed by atoms with Crippen LogP contribution in [0.2, 0.25) is 0 Å². The smallest absolute Gasteiger partial charge is 0.242 e. The highest BCUT2D eigenvalue weighted by atomic mass is 16.2. The molecule has 1 heterocycles. The second-order valence-electron chi connectivity index (χ2n) is 7.40. The average molecular weight is 312 g/mol. The molecule has 1 aromatic carbocycles. The van der Waals surface area contributed by atoms with Gasteiger partial charge in [-0.2, -0.15) is 0 Å². The molecule has 0 bridgehead atoms. The first-order valence-corrected chi connectivity index (χ1v) is 8.82. The van der Waals surface area contributed by atoms with Gasteiger partial charge in [-0.05, 0) is 31.2 Å². The van der Waals surface area contributed by atoms with Crippen LogP contribution >= 0.6 is 0 Å². The third-order valence-corrected chi connectivity index (χ3v) is 5.77. The van der Waals surface area contributed by atoms with E-state index in [0.717, 1.165) is 19.4 Å². The molecular formula is C19H24N2O2. The quantitative estimate of drug-likeness (QED) is 0.929. The van der Waals surface area contributed by atoms with Gasteiger partial charge in [-0.3, -0.25) is 9.59 Å². The van der Waals surface area contributed by atoms with Crippen LogP contribution in [0.1, 0.15) is 50.1 Å². The number of carbonyl (C=O) groups excluding carboxylic acids is 2. The van der Waals surface area contributed by atoms with Crippen molar-refractivity contribution in [3.05, 3.63) is 35.9 Å². The fourth-order valence-electron chi connectivity index (χ4n) is 4.40. The molecule has 2 aliphatic carbocycles. The van der Waals surface area contributed by atoms with Crippen molar-refractivity contribution in [2.24, 2.45) is 11.3 Å². The molecule has 1 saturated heterocycles. The van der Waals surface area contributed by atoms with E-state index in [1.54, 1.807) is 0 Å². The molecule has 4 heteroatoms. The second-order valence-corrected chi connectivity index (χ2v) is 7.40. The Labute approximate surface area is 137 Å². The van der Waals surface area contributed by atoms with Gasteiger partial charge in [0.1, 0.15) is 0 Å². The van der Waals surface area contributed by atoms with Gasteiger partial charge >= 0.3 is 0 Å². The van der Waals surface area contributed by atoms with Crippen molar-refractivity contribution in [2.75, 3.05) is 13.1 Å². The van der Waals surface area contributed by atoms with Gasteiger partial charge < -0.3 is 10.2 Å². The van der Waals surface area contributed by atoms with Crippen molar-refractivity contribution in [2.45, 2.75) is 44.6 Å². The molecule has 2 amide bonds. The summed E-state index contributed by atoms with van der Waals surface area (Å²) in [6.07, 6.45) is 6.90. The lowest BCUT2D eigenvalue weighted by Gasteiger charge is -2.56. The summed E-state index contributed by atoms with van der Waals surface area (Å²) in [5.41, 5.74) is 1.51. The molecular weight excluding hydrogens is 288 g/mol. The van der Waals surface area contributed by atoms with Crippen LogP contribution in [-0.2, 0) is 9.59 Å². The molecule has 1 unspecified atom stereocenters. The number of hydrogen-bond acceptors (Lipinski definition) is 2. The van der Waals surface area contributed by atoms with Gasteiger partial charge in [0.2, 0.25) is 11.8 Å². The maximum absolute atomic E-state index is 12.6. The summed E-state index contributed by atoms with van der Waals surface area (Å²) >= 11 is 0. The number of rotatable bonds is 4. The average Bonchev–Trinajstić information content (AvgIpc) is 3.28. The third kappa shape index (κ3) is 2.64. The first-order chi connectivity index (χ1) is 11.2. The van der Waals surface area contributed by atoms with E-state index < -0.39 is 0 Å². The minimum absolute atomic E-state index is 0.0470. The van der Waals surface area contributed by atoms with Crippen LogP contribution in [0.3, 0.4) is 0 Å². The van der Waals surface area contributed by atoms with Crippen LogP contribution in [0, 0.1) is 11.3 Å². The minimum atomic E-state index is 0.0470. The number of carbonyl (C=O) groups is 2. The lowest BCUT2D eigenvalue weighted by molar-refractivity contribution is -0.155.